The van der Waals surface area contributed by atoms with Crippen LogP contribution in [0.5, 0.6) is 0 Å². The summed E-state index contributed by atoms with van der Waals surface area (Å²) in [5.41, 5.74) is -5.57. The number of pyridine rings is 1. The van der Waals surface area contributed by atoms with Crippen molar-refractivity contribution < 1.29 is 35.1 Å². The minimum absolute atomic E-state index is 0.226. The topological polar surface area (TPSA) is 36.7 Å². The molecule has 0 saturated carbocycles. The van der Waals surface area contributed by atoms with Crippen LogP contribution in [0.4, 0.5) is 35.1 Å². The number of alkyl halides is 8. The number of halogens is 8. The molecule has 0 aliphatic carbocycles. The molecule has 0 fully saturated rings. The first-order valence-electron chi connectivity index (χ1n) is 4.33. The lowest BCUT2D eigenvalue weighted by atomic mass is 10.0. The van der Waals surface area contributed by atoms with Gasteiger partial charge in [0.2, 0.25) is 0 Å². The number of aromatic nitrogens is 1. The fourth-order valence-electron chi connectivity index (χ4n) is 1.15. The standard InChI is InChI=1S/C9H2F8N2/c10-7(11,9(15,16)17)5-1-4(2-18)19-3-6(5)8(12,13)14/h1,3H. The van der Waals surface area contributed by atoms with Gasteiger partial charge < -0.3 is 0 Å². The molecule has 0 bridgehead atoms. The highest BCUT2D eigenvalue weighted by atomic mass is 19.4. The van der Waals surface area contributed by atoms with E-state index in [2.05, 4.69) is 4.98 Å². The largest absolute Gasteiger partial charge is 0.458 e. The molecule has 1 rings (SSSR count). The predicted octanol–water partition coefficient (Wildman–Crippen LogP) is 3.63. The molecule has 0 aliphatic heterocycles. The molecule has 0 aliphatic rings. The van der Waals surface area contributed by atoms with Crippen molar-refractivity contribution in [2.24, 2.45) is 0 Å². The van der Waals surface area contributed by atoms with Gasteiger partial charge in [0.25, 0.3) is 0 Å². The lowest BCUT2D eigenvalue weighted by Gasteiger charge is -2.23. The van der Waals surface area contributed by atoms with Gasteiger partial charge in [0, 0.05) is 11.8 Å². The average Bonchev–Trinajstić information content (AvgIpc) is 2.25. The third-order valence-corrected chi connectivity index (χ3v) is 2.02. The molecule has 1 heterocycles. The second-order valence-electron chi connectivity index (χ2n) is 3.30. The molecule has 0 saturated heterocycles. The highest BCUT2D eigenvalue weighted by Crippen LogP contribution is 2.47. The van der Waals surface area contributed by atoms with E-state index in [1.54, 1.807) is 0 Å². The van der Waals surface area contributed by atoms with Crippen molar-refractivity contribution in [1.29, 1.82) is 5.26 Å². The van der Waals surface area contributed by atoms with Gasteiger partial charge in [0.1, 0.15) is 11.8 Å². The number of hydrogen-bond acceptors (Lipinski definition) is 2. The molecule has 1 aromatic heterocycles. The van der Waals surface area contributed by atoms with Crippen molar-refractivity contribution in [1.82, 2.24) is 4.98 Å². The lowest BCUT2D eigenvalue weighted by molar-refractivity contribution is -0.291. The molecule has 0 amide bonds. The molecular formula is C9H2F8N2. The van der Waals surface area contributed by atoms with Crippen molar-refractivity contribution in [3.8, 4) is 6.07 Å². The molecule has 0 radical (unpaired) electrons. The minimum Gasteiger partial charge on any atom is -0.245 e. The Kier molecular flexibility index (Phi) is 3.45. The van der Waals surface area contributed by atoms with Crippen molar-refractivity contribution in [3.05, 3.63) is 29.1 Å². The molecule has 0 spiro atoms. The second kappa shape index (κ2) is 4.32. The molecule has 0 atom stereocenters. The Balaban J connectivity index is 3.61. The number of nitriles is 1. The molecule has 0 aromatic carbocycles. The SMILES string of the molecule is N#Cc1cc(C(F)(F)C(F)(F)F)c(C(F)(F)F)cn1. The van der Waals surface area contributed by atoms with Crippen LogP contribution in [-0.4, -0.2) is 11.2 Å². The van der Waals surface area contributed by atoms with Gasteiger partial charge in [-0.15, -0.1) is 0 Å². The highest BCUT2D eigenvalue weighted by Gasteiger charge is 2.61. The van der Waals surface area contributed by atoms with E-state index in [-0.39, 0.29) is 12.3 Å². The summed E-state index contributed by atoms with van der Waals surface area (Å²) in [6, 6.07) is 0.865. The Labute approximate surface area is 99.8 Å². The number of nitrogens with zero attached hydrogens (tertiary/aromatic N) is 2. The summed E-state index contributed by atoms with van der Waals surface area (Å²) in [6.45, 7) is 0. The monoisotopic (exact) mass is 290 g/mol. The highest BCUT2D eigenvalue weighted by molar-refractivity contribution is 5.37. The first-order valence-corrected chi connectivity index (χ1v) is 4.33. The molecule has 0 N–H and O–H groups in total. The normalized spacial score (nSPS) is 13.2. The van der Waals surface area contributed by atoms with Crippen LogP contribution in [0.3, 0.4) is 0 Å². The van der Waals surface area contributed by atoms with E-state index in [0.29, 0.717) is 0 Å². The van der Waals surface area contributed by atoms with Crippen LogP contribution in [0.25, 0.3) is 0 Å². The van der Waals surface area contributed by atoms with Crippen molar-refractivity contribution >= 4 is 0 Å². The van der Waals surface area contributed by atoms with Crippen LogP contribution in [0.15, 0.2) is 12.3 Å². The summed E-state index contributed by atoms with van der Waals surface area (Å²) in [4.78, 5) is 2.84. The summed E-state index contributed by atoms with van der Waals surface area (Å²) < 4.78 is 99.5. The van der Waals surface area contributed by atoms with Crippen molar-refractivity contribution in [2.75, 3.05) is 0 Å². The first-order chi connectivity index (χ1) is 8.41. The van der Waals surface area contributed by atoms with Gasteiger partial charge >= 0.3 is 18.3 Å². The Morgan fingerprint density at radius 1 is 0.947 bits per heavy atom. The van der Waals surface area contributed by atoms with E-state index >= 15 is 0 Å². The third-order valence-electron chi connectivity index (χ3n) is 2.02. The zero-order valence-corrected chi connectivity index (χ0v) is 8.57. The molecule has 19 heavy (non-hydrogen) atoms. The number of rotatable bonds is 1. The van der Waals surface area contributed by atoms with Crippen LogP contribution < -0.4 is 0 Å². The van der Waals surface area contributed by atoms with Gasteiger partial charge in [-0.25, -0.2) is 4.98 Å². The molecule has 0 unspecified atom stereocenters. The summed E-state index contributed by atoms with van der Waals surface area (Å²) in [5, 5.41) is 8.30. The Morgan fingerprint density at radius 3 is 1.84 bits per heavy atom. The van der Waals surface area contributed by atoms with Crippen molar-refractivity contribution in [3.63, 3.8) is 0 Å². The second-order valence-corrected chi connectivity index (χ2v) is 3.30. The van der Waals surface area contributed by atoms with Crippen LogP contribution >= 0.6 is 0 Å². The maximum atomic E-state index is 13.0. The Morgan fingerprint density at radius 2 is 1.47 bits per heavy atom. The van der Waals surface area contributed by atoms with Gasteiger partial charge in [-0.2, -0.15) is 40.4 Å². The maximum Gasteiger partial charge on any atom is 0.458 e. The summed E-state index contributed by atoms with van der Waals surface area (Å²) in [5.74, 6) is -5.74. The van der Waals surface area contributed by atoms with Crippen LogP contribution in [0.2, 0.25) is 0 Å². The summed E-state index contributed by atoms with van der Waals surface area (Å²) >= 11 is 0. The zero-order chi connectivity index (χ0) is 15.1. The van der Waals surface area contributed by atoms with E-state index in [9.17, 15) is 35.1 Å². The third kappa shape index (κ3) is 2.74. The van der Waals surface area contributed by atoms with Crippen LogP contribution in [0.1, 0.15) is 16.8 Å². The van der Waals surface area contributed by atoms with E-state index in [1.807, 2.05) is 0 Å². The van der Waals surface area contributed by atoms with Crippen LogP contribution in [-0.2, 0) is 12.1 Å². The van der Waals surface area contributed by atoms with Gasteiger partial charge in [0.15, 0.2) is 0 Å². The van der Waals surface area contributed by atoms with Gasteiger partial charge in [-0.05, 0) is 6.07 Å². The Hall–Kier alpha value is -1.92. The molecule has 2 nitrogen and oxygen atoms in total. The average molecular weight is 290 g/mol. The lowest BCUT2D eigenvalue weighted by Crippen LogP contribution is -2.36. The molecule has 104 valence electrons. The quantitative estimate of drug-likeness (QED) is 0.741. The van der Waals surface area contributed by atoms with E-state index in [1.165, 1.54) is 0 Å². The van der Waals surface area contributed by atoms with Gasteiger partial charge in [-0.3, -0.25) is 0 Å². The summed E-state index contributed by atoms with van der Waals surface area (Å²) in [6.07, 6.45) is -11.9. The Bertz CT molecular complexity index is 522. The van der Waals surface area contributed by atoms with Crippen molar-refractivity contribution in [2.45, 2.75) is 18.3 Å². The molecule has 10 heteroatoms. The fourth-order valence-corrected chi connectivity index (χ4v) is 1.15. The molecule has 1 aromatic rings. The van der Waals surface area contributed by atoms with E-state index in [4.69, 9.17) is 5.26 Å². The number of hydrogen-bond donors (Lipinski definition) is 0. The van der Waals surface area contributed by atoms with E-state index < -0.39 is 35.1 Å². The first kappa shape index (κ1) is 15.1. The van der Waals surface area contributed by atoms with E-state index in [0.717, 1.165) is 6.07 Å². The maximum absolute atomic E-state index is 13.0. The summed E-state index contributed by atoms with van der Waals surface area (Å²) in [7, 11) is 0. The minimum atomic E-state index is -6.22. The van der Waals surface area contributed by atoms with Gasteiger partial charge in [0.05, 0.1) is 5.56 Å². The predicted molar refractivity (Wildman–Crippen MR) is 43.9 cm³/mol. The molecular weight excluding hydrogens is 288 g/mol. The van der Waals surface area contributed by atoms with Crippen LogP contribution in [0, 0.1) is 11.3 Å². The fraction of sp³-hybridized carbons (Fsp3) is 0.333. The zero-order valence-electron chi connectivity index (χ0n) is 8.57. The smallest absolute Gasteiger partial charge is 0.245 e. The van der Waals surface area contributed by atoms with Gasteiger partial charge in [-0.1, -0.05) is 0 Å².